The minimum absolute atomic E-state index is 0.0936. The van der Waals surface area contributed by atoms with Crippen LogP contribution < -0.4 is 5.73 Å². The Morgan fingerprint density at radius 2 is 2.23 bits per heavy atom. The van der Waals surface area contributed by atoms with Crippen molar-refractivity contribution in [3.8, 4) is 0 Å². The van der Waals surface area contributed by atoms with Crippen LogP contribution in [0.3, 0.4) is 0 Å². The Morgan fingerprint density at radius 3 is 2.69 bits per heavy atom. The van der Waals surface area contributed by atoms with Gasteiger partial charge in [-0.1, -0.05) is 11.6 Å². The predicted molar refractivity (Wildman–Crippen MR) is 48.3 cm³/mol. The highest BCUT2D eigenvalue weighted by Crippen LogP contribution is 2.27. The van der Waals surface area contributed by atoms with E-state index in [4.69, 9.17) is 22.4 Å². The topological polar surface area (TPSA) is 76.2 Å². The molecule has 7 heteroatoms. The lowest BCUT2D eigenvalue weighted by atomic mass is 10.2. The Hall–Kier alpha value is -0.880. The van der Waals surface area contributed by atoms with E-state index in [0.29, 0.717) is 0 Å². The zero-order chi connectivity index (χ0) is 10.2. The highest BCUT2D eigenvalue weighted by molar-refractivity contribution is 9.10. The normalized spacial score (nSPS) is 10.1. The van der Waals surface area contributed by atoms with E-state index >= 15 is 0 Å². The average Bonchev–Trinajstić information content (AvgIpc) is 1.99. The molecule has 0 atom stereocenters. The first-order valence-electron chi connectivity index (χ1n) is 2.98. The van der Waals surface area contributed by atoms with Gasteiger partial charge >= 0.3 is 5.97 Å². The molecule has 0 aliphatic rings. The maximum Gasteiger partial charge on any atom is 0.340 e. The molecule has 0 aromatic carbocycles. The number of hydrogen-bond donors (Lipinski definition) is 2. The van der Waals surface area contributed by atoms with Gasteiger partial charge in [-0.05, 0) is 15.9 Å². The highest BCUT2D eigenvalue weighted by Gasteiger charge is 2.20. The molecule has 0 bridgehead atoms. The van der Waals surface area contributed by atoms with Crippen LogP contribution in [0.2, 0.25) is 5.15 Å². The van der Waals surface area contributed by atoms with Gasteiger partial charge in [-0.25, -0.2) is 14.2 Å². The molecule has 0 amide bonds. The minimum Gasteiger partial charge on any atom is -0.478 e. The van der Waals surface area contributed by atoms with Gasteiger partial charge in [-0.2, -0.15) is 0 Å². The molecule has 13 heavy (non-hydrogen) atoms. The zero-order valence-electron chi connectivity index (χ0n) is 6.01. The molecule has 0 spiro atoms. The van der Waals surface area contributed by atoms with Gasteiger partial charge in [0.1, 0.15) is 10.2 Å². The molecule has 70 valence electrons. The van der Waals surface area contributed by atoms with Crippen molar-refractivity contribution in [2.75, 3.05) is 5.73 Å². The molecule has 0 radical (unpaired) electrons. The minimum atomic E-state index is -1.37. The number of carboxylic acids is 1. The van der Waals surface area contributed by atoms with Crippen LogP contribution in [0.1, 0.15) is 10.4 Å². The lowest BCUT2D eigenvalue weighted by Crippen LogP contribution is -2.08. The van der Waals surface area contributed by atoms with Gasteiger partial charge in [0.2, 0.25) is 0 Å². The number of anilines is 1. The fourth-order valence-corrected chi connectivity index (χ4v) is 1.58. The fourth-order valence-electron chi connectivity index (χ4n) is 0.727. The molecular formula is C6H3BrClFN2O2. The van der Waals surface area contributed by atoms with E-state index in [2.05, 4.69) is 20.9 Å². The van der Waals surface area contributed by atoms with Crippen molar-refractivity contribution in [1.29, 1.82) is 0 Å². The second-order valence-electron chi connectivity index (χ2n) is 2.10. The maximum atomic E-state index is 12.9. The number of nitrogens with two attached hydrogens (primary N) is 1. The van der Waals surface area contributed by atoms with E-state index in [-0.39, 0.29) is 4.60 Å². The molecule has 0 saturated heterocycles. The molecule has 1 aromatic heterocycles. The van der Waals surface area contributed by atoms with Gasteiger partial charge in [0, 0.05) is 0 Å². The molecular weight excluding hydrogens is 266 g/mol. The molecule has 0 saturated carbocycles. The van der Waals surface area contributed by atoms with Gasteiger partial charge in [0.05, 0.1) is 5.69 Å². The predicted octanol–water partition coefficient (Wildman–Crippen LogP) is 1.92. The van der Waals surface area contributed by atoms with E-state index in [1.165, 1.54) is 0 Å². The third kappa shape index (κ3) is 1.73. The quantitative estimate of drug-likeness (QED) is 0.764. The third-order valence-electron chi connectivity index (χ3n) is 1.30. The van der Waals surface area contributed by atoms with Crippen LogP contribution in [0, 0.1) is 5.82 Å². The lowest BCUT2D eigenvalue weighted by Gasteiger charge is -2.04. The van der Waals surface area contributed by atoms with Gasteiger partial charge in [-0.15, -0.1) is 0 Å². The van der Waals surface area contributed by atoms with E-state index in [1.807, 2.05) is 0 Å². The molecule has 0 aliphatic heterocycles. The monoisotopic (exact) mass is 268 g/mol. The summed E-state index contributed by atoms with van der Waals surface area (Å²) in [6.07, 6.45) is 0. The Bertz CT molecular complexity index is 385. The van der Waals surface area contributed by atoms with Crippen LogP contribution in [0.4, 0.5) is 10.1 Å². The second kappa shape index (κ2) is 3.47. The first kappa shape index (κ1) is 10.2. The van der Waals surface area contributed by atoms with Gasteiger partial charge < -0.3 is 10.8 Å². The molecule has 0 aliphatic carbocycles. The average molecular weight is 269 g/mol. The number of aromatic carboxylic acids is 1. The standard InChI is InChI=1S/C6H3BrClFN2O2/c7-4-1(6(12)13)3(10)2(9)5(8)11-4/h(H2,10,11)(H,12,13). The largest absolute Gasteiger partial charge is 0.478 e. The Labute approximate surface area is 85.6 Å². The number of halogens is 3. The fraction of sp³-hybridized carbons (Fsp3) is 0. The molecule has 1 rings (SSSR count). The number of carboxylic acid groups (broad SMARTS) is 1. The third-order valence-corrected chi connectivity index (χ3v) is 2.13. The first-order chi connectivity index (χ1) is 5.95. The number of carbonyl (C=O) groups is 1. The number of hydrogen-bond acceptors (Lipinski definition) is 3. The number of nitrogens with zero attached hydrogens (tertiary/aromatic N) is 1. The second-order valence-corrected chi connectivity index (χ2v) is 3.21. The van der Waals surface area contributed by atoms with Gasteiger partial charge in [-0.3, -0.25) is 0 Å². The van der Waals surface area contributed by atoms with Crippen molar-refractivity contribution < 1.29 is 14.3 Å². The van der Waals surface area contributed by atoms with Crippen LogP contribution in [0.5, 0.6) is 0 Å². The van der Waals surface area contributed by atoms with Gasteiger partial charge in [0.25, 0.3) is 0 Å². The van der Waals surface area contributed by atoms with Crippen LogP contribution in [0.15, 0.2) is 4.60 Å². The summed E-state index contributed by atoms with van der Waals surface area (Å²) in [6, 6.07) is 0. The van der Waals surface area contributed by atoms with Crippen LogP contribution in [0.25, 0.3) is 0 Å². The maximum absolute atomic E-state index is 12.9. The van der Waals surface area contributed by atoms with Crippen molar-refractivity contribution in [3.05, 3.63) is 21.1 Å². The van der Waals surface area contributed by atoms with Crippen molar-refractivity contribution in [2.24, 2.45) is 0 Å². The van der Waals surface area contributed by atoms with E-state index in [0.717, 1.165) is 0 Å². The van der Waals surface area contributed by atoms with Crippen molar-refractivity contribution in [3.63, 3.8) is 0 Å². The number of nitrogen functional groups attached to an aromatic ring is 1. The molecule has 1 heterocycles. The van der Waals surface area contributed by atoms with Crippen LogP contribution in [-0.4, -0.2) is 16.1 Å². The van der Waals surface area contributed by atoms with E-state index in [9.17, 15) is 9.18 Å². The molecule has 0 fully saturated rings. The summed E-state index contributed by atoms with van der Waals surface area (Å²) in [5.41, 5.74) is 4.22. The van der Waals surface area contributed by atoms with Crippen molar-refractivity contribution in [2.45, 2.75) is 0 Å². The summed E-state index contributed by atoms with van der Waals surface area (Å²) in [6.45, 7) is 0. The smallest absolute Gasteiger partial charge is 0.340 e. The van der Waals surface area contributed by atoms with Crippen LogP contribution in [-0.2, 0) is 0 Å². The summed E-state index contributed by atoms with van der Waals surface area (Å²) in [5, 5.41) is 8.14. The first-order valence-corrected chi connectivity index (χ1v) is 4.15. The zero-order valence-corrected chi connectivity index (χ0v) is 8.36. The summed E-state index contributed by atoms with van der Waals surface area (Å²) in [7, 11) is 0. The Morgan fingerprint density at radius 1 is 1.69 bits per heavy atom. The summed E-state index contributed by atoms with van der Waals surface area (Å²) < 4.78 is 12.8. The van der Waals surface area contributed by atoms with Crippen molar-refractivity contribution in [1.82, 2.24) is 4.98 Å². The van der Waals surface area contributed by atoms with Crippen molar-refractivity contribution >= 4 is 39.2 Å². The molecule has 0 unspecified atom stereocenters. The molecule has 1 aromatic rings. The number of rotatable bonds is 1. The highest BCUT2D eigenvalue weighted by atomic mass is 79.9. The summed E-state index contributed by atoms with van der Waals surface area (Å²) >= 11 is 8.12. The number of aromatic nitrogens is 1. The lowest BCUT2D eigenvalue weighted by molar-refractivity contribution is 0.0696. The molecule has 3 N–H and O–H groups in total. The van der Waals surface area contributed by atoms with Crippen LogP contribution >= 0.6 is 27.5 Å². The Kier molecular flexibility index (Phi) is 2.72. The number of pyridine rings is 1. The van der Waals surface area contributed by atoms with E-state index in [1.54, 1.807) is 0 Å². The molecule has 4 nitrogen and oxygen atoms in total. The van der Waals surface area contributed by atoms with Gasteiger partial charge in [0.15, 0.2) is 11.0 Å². The van der Waals surface area contributed by atoms with E-state index < -0.39 is 28.2 Å². The summed E-state index contributed by atoms with van der Waals surface area (Å²) in [4.78, 5) is 13.9. The Balaban J connectivity index is 3.53. The SMILES string of the molecule is Nc1c(F)c(Cl)nc(Br)c1C(=O)O. The summed E-state index contributed by atoms with van der Waals surface area (Å²) in [5.74, 6) is -2.39.